The summed E-state index contributed by atoms with van der Waals surface area (Å²) in [5, 5.41) is 10.0. The molecule has 92 valence electrons. The third kappa shape index (κ3) is 4.28. The molecule has 0 radical (unpaired) electrons. The SMILES string of the molecule is CCC(N=C(N)N[N+](=O)[O-])c1cccc(Cl)c1. The summed E-state index contributed by atoms with van der Waals surface area (Å²) in [5.74, 6) is -0.221. The van der Waals surface area contributed by atoms with Crippen molar-refractivity contribution in [2.24, 2.45) is 10.7 Å². The maximum absolute atomic E-state index is 10.2. The number of hydrogen-bond acceptors (Lipinski definition) is 3. The van der Waals surface area contributed by atoms with Crippen molar-refractivity contribution < 1.29 is 5.03 Å². The molecule has 0 aliphatic heterocycles. The maximum Gasteiger partial charge on any atom is 0.252 e. The Labute approximate surface area is 104 Å². The van der Waals surface area contributed by atoms with Gasteiger partial charge in [-0.25, -0.2) is 15.1 Å². The zero-order valence-corrected chi connectivity index (χ0v) is 10.0. The number of nitro groups is 1. The van der Waals surface area contributed by atoms with Crippen LogP contribution >= 0.6 is 11.6 Å². The molecule has 0 heterocycles. The van der Waals surface area contributed by atoms with E-state index in [4.69, 9.17) is 17.3 Å². The number of nitrogens with one attached hydrogen (secondary N) is 1. The summed E-state index contributed by atoms with van der Waals surface area (Å²) >= 11 is 5.86. The number of rotatable bonds is 4. The second-order valence-corrected chi connectivity index (χ2v) is 3.80. The highest BCUT2D eigenvalue weighted by molar-refractivity contribution is 6.30. The summed E-state index contributed by atoms with van der Waals surface area (Å²) in [5.41, 5.74) is 8.07. The second-order valence-electron chi connectivity index (χ2n) is 3.36. The van der Waals surface area contributed by atoms with E-state index in [0.29, 0.717) is 11.4 Å². The molecule has 3 N–H and O–H groups in total. The Morgan fingerprint density at radius 2 is 2.41 bits per heavy atom. The van der Waals surface area contributed by atoms with Crippen LogP contribution in [0, 0.1) is 10.1 Å². The lowest BCUT2D eigenvalue weighted by molar-refractivity contribution is -0.525. The van der Waals surface area contributed by atoms with E-state index in [-0.39, 0.29) is 12.0 Å². The highest BCUT2D eigenvalue weighted by atomic mass is 35.5. The fourth-order valence-corrected chi connectivity index (χ4v) is 1.60. The van der Waals surface area contributed by atoms with E-state index in [1.165, 1.54) is 0 Å². The van der Waals surface area contributed by atoms with E-state index < -0.39 is 5.03 Å². The van der Waals surface area contributed by atoms with Crippen LogP contribution in [0.2, 0.25) is 5.02 Å². The molecule has 0 aromatic heterocycles. The average molecular weight is 257 g/mol. The minimum Gasteiger partial charge on any atom is -0.365 e. The Bertz CT molecular complexity index is 436. The first-order valence-electron chi connectivity index (χ1n) is 5.02. The first-order valence-corrected chi connectivity index (χ1v) is 5.40. The standard InChI is InChI=1S/C10H13ClN4O2/c1-2-9(13-10(12)14-15(16)17)7-4-3-5-8(11)6-7/h3-6,9H,2H2,1H3,(H3,12,13,14). The molecule has 0 fully saturated rings. The molecule has 0 bridgehead atoms. The van der Waals surface area contributed by atoms with Crippen LogP contribution in [0.4, 0.5) is 0 Å². The third-order valence-corrected chi connectivity index (χ3v) is 2.36. The summed E-state index contributed by atoms with van der Waals surface area (Å²) in [6.45, 7) is 1.91. The van der Waals surface area contributed by atoms with Gasteiger partial charge in [-0.1, -0.05) is 36.1 Å². The predicted octanol–water partition coefficient (Wildman–Crippen LogP) is 1.89. The number of guanidine groups is 1. The fourth-order valence-electron chi connectivity index (χ4n) is 1.41. The number of hydrogen-bond donors (Lipinski definition) is 2. The van der Waals surface area contributed by atoms with Gasteiger partial charge in [0.2, 0.25) is 0 Å². The quantitative estimate of drug-likeness (QED) is 0.372. The Kier molecular flexibility index (Phi) is 4.71. The lowest BCUT2D eigenvalue weighted by Crippen LogP contribution is -2.36. The Morgan fingerprint density at radius 1 is 1.71 bits per heavy atom. The monoisotopic (exact) mass is 256 g/mol. The van der Waals surface area contributed by atoms with Gasteiger partial charge >= 0.3 is 0 Å². The minimum absolute atomic E-state index is 0.221. The van der Waals surface area contributed by atoms with E-state index in [0.717, 1.165) is 5.56 Å². The Hall–Kier alpha value is -1.82. The average Bonchev–Trinajstić information content (AvgIpc) is 2.24. The lowest BCUT2D eigenvalue weighted by atomic mass is 10.1. The molecule has 1 aromatic rings. The van der Waals surface area contributed by atoms with Crippen LogP contribution < -0.4 is 11.2 Å². The molecule has 1 atom stereocenters. The molecule has 1 rings (SSSR count). The van der Waals surface area contributed by atoms with Crippen molar-refractivity contribution >= 4 is 17.6 Å². The van der Waals surface area contributed by atoms with Crippen molar-refractivity contribution in [3.8, 4) is 0 Å². The van der Waals surface area contributed by atoms with E-state index >= 15 is 0 Å². The van der Waals surface area contributed by atoms with Crippen molar-refractivity contribution in [1.29, 1.82) is 0 Å². The Morgan fingerprint density at radius 3 is 2.94 bits per heavy atom. The molecule has 0 spiro atoms. The maximum atomic E-state index is 10.2. The first-order chi connectivity index (χ1) is 8.02. The highest BCUT2D eigenvalue weighted by Crippen LogP contribution is 2.23. The van der Waals surface area contributed by atoms with E-state index in [9.17, 15) is 10.1 Å². The summed E-state index contributed by atoms with van der Waals surface area (Å²) in [6, 6.07) is 6.91. The fraction of sp³-hybridized carbons (Fsp3) is 0.300. The van der Waals surface area contributed by atoms with Crippen molar-refractivity contribution in [1.82, 2.24) is 5.43 Å². The third-order valence-electron chi connectivity index (χ3n) is 2.12. The molecule has 0 aliphatic carbocycles. The van der Waals surface area contributed by atoms with E-state index in [1.54, 1.807) is 18.2 Å². The number of hydrazine groups is 1. The highest BCUT2D eigenvalue weighted by Gasteiger charge is 2.10. The van der Waals surface area contributed by atoms with Crippen LogP contribution in [0.3, 0.4) is 0 Å². The molecule has 17 heavy (non-hydrogen) atoms. The molecular formula is C10H13ClN4O2. The van der Waals surface area contributed by atoms with Gasteiger partial charge in [0.05, 0.1) is 6.04 Å². The van der Waals surface area contributed by atoms with Crippen LogP contribution in [0.1, 0.15) is 24.9 Å². The van der Waals surface area contributed by atoms with Gasteiger partial charge in [-0.05, 0) is 24.1 Å². The van der Waals surface area contributed by atoms with E-state index in [1.807, 2.05) is 18.4 Å². The summed E-state index contributed by atoms with van der Waals surface area (Å²) in [7, 11) is 0. The minimum atomic E-state index is -0.747. The second kappa shape index (κ2) is 6.05. The molecular weight excluding hydrogens is 244 g/mol. The van der Waals surface area contributed by atoms with Gasteiger partial charge in [-0.2, -0.15) is 0 Å². The topological polar surface area (TPSA) is 93.5 Å². The number of nitrogens with two attached hydrogens (primary N) is 1. The van der Waals surface area contributed by atoms with Crippen molar-refractivity contribution in [3.63, 3.8) is 0 Å². The molecule has 0 saturated heterocycles. The molecule has 7 heteroatoms. The lowest BCUT2D eigenvalue weighted by Gasteiger charge is -2.11. The summed E-state index contributed by atoms with van der Waals surface area (Å²) in [4.78, 5) is 14.2. The van der Waals surface area contributed by atoms with Crippen LogP contribution in [-0.4, -0.2) is 11.0 Å². The van der Waals surface area contributed by atoms with E-state index in [2.05, 4.69) is 4.99 Å². The van der Waals surface area contributed by atoms with Crippen LogP contribution in [-0.2, 0) is 0 Å². The van der Waals surface area contributed by atoms with Crippen molar-refractivity contribution in [2.45, 2.75) is 19.4 Å². The molecule has 0 saturated carbocycles. The van der Waals surface area contributed by atoms with Crippen LogP contribution in [0.5, 0.6) is 0 Å². The van der Waals surface area contributed by atoms with Crippen molar-refractivity contribution in [2.75, 3.05) is 0 Å². The first kappa shape index (κ1) is 13.2. The van der Waals surface area contributed by atoms with Gasteiger partial charge in [0.15, 0.2) is 5.03 Å². The largest absolute Gasteiger partial charge is 0.365 e. The molecule has 0 aliphatic rings. The Balaban J connectivity index is 2.88. The van der Waals surface area contributed by atoms with Gasteiger partial charge in [0.25, 0.3) is 5.96 Å². The van der Waals surface area contributed by atoms with Gasteiger partial charge in [0.1, 0.15) is 0 Å². The zero-order valence-electron chi connectivity index (χ0n) is 9.26. The smallest absolute Gasteiger partial charge is 0.252 e. The number of benzene rings is 1. The predicted molar refractivity (Wildman–Crippen MR) is 66.2 cm³/mol. The van der Waals surface area contributed by atoms with Gasteiger partial charge in [-0.3, -0.25) is 0 Å². The van der Waals surface area contributed by atoms with Gasteiger partial charge < -0.3 is 5.73 Å². The summed E-state index contributed by atoms with van der Waals surface area (Å²) < 4.78 is 0. The number of nitrogens with zero attached hydrogens (tertiary/aromatic N) is 2. The molecule has 1 aromatic carbocycles. The molecule has 6 nitrogen and oxygen atoms in total. The van der Waals surface area contributed by atoms with Gasteiger partial charge in [-0.15, -0.1) is 0 Å². The summed E-state index contributed by atoms with van der Waals surface area (Å²) in [6.07, 6.45) is 0.667. The number of aliphatic imine (C=N–C) groups is 1. The van der Waals surface area contributed by atoms with Crippen LogP contribution in [0.15, 0.2) is 29.3 Å². The normalized spacial score (nSPS) is 13.2. The van der Waals surface area contributed by atoms with Gasteiger partial charge in [0, 0.05) is 5.02 Å². The molecule has 1 unspecified atom stereocenters. The van der Waals surface area contributed by atoms with Crippen molar-refractivity contribution in [3.05, 3.63) is 45.0 Å². The number of halogens is 1. The zero-order chi connectivity index (χ0) is 12.8. The van der Waals surface area contributed by atoms with Crippen LogP contribution in [0.25, 0.3) is 0 Å². The molecule has 0 amide bonds.